The van der Waals surface area contributed by atoms with E-state index in [0.717, 1.165) is 25.7 Å². The zero-order chi connectivity index (χ0) is 20.7. The molecular formula is C21H32N2O5S. The third-order valence-corrected chi connectivity index (χ3v) is 7.19. The van der Waals surface area contributed by atoms with Crippen molar-refractivity contribution < 1.29 is 23.1 Å². The fourth-order valence-corrected chi connectivity index (χ4v) is 5.68. The van der Waals surface area contributed by atoms with Gasteiger partial charge in [0.25, 0.3) is 0 Å². The summed E-state index contributed by atoms with van der Waals surface area (Å²) < 4.78 is 33.6. The molecule has 162 valence electrons. The van der Waals surface area contributed by atoms with Crippen molar-refractivity contribution in [1.82, 2.24) is 10.0 Å². The molecule has 0 radical (unpaired) electrons. The first-order valence-corrected chi connectivity index (χ1v) is 12.2. The van der Waals surface area contributed by atoms with Crippen LogP contribution in [0.4, 0.5) is 0 Å². The van der Waals surface area contributed by atoms with Gasteiger partial charge in [-0.25, -0.2) is 13.1 Å². The average molecular weight is 425 g/mol. The number of hydrogen-bond donors (Lipinski definition) is 3. The van der Waals surface area contributed by atoms with E-state index in [-0.39, 0.29) is 30.3 Å². The molecule has 1 aromatic carbocycles. The Morgan fingerprint density at radius 1 is 1.10 bits per heavy atom. The van der Waals surface area contributed by atoms with Crippen LogP contribution in [0, 0.1) is 5.92 Å². The van der Waals surface area contributed by atoms with Crippen molar-refractivity contribution in [2.75, 3.05) is 13.2 Å². The molecular weight excluding hydrogens is 392 g/mol. The lowest BCUT2D eigenvalue weighted by molar-refractivity contribution is -0.125. The lowest BCUT2D eigenvalue weighted by atomic mass is 9.98. The average Bonchev–Trinajstić information content (AvgIpc) is 3.24. The first kappa shape index (κ1) is 22.2. The standard InChI is InChI=1S/C21H32N2O5S/c24-14-20-19(23-29(26,27)15-16-6-2-1-3-7-16)11-10-18(28-20)12-13-22-21(25)17-8-4-5-9-17/h1-3,6-7,17-20,23-24H,4-5,8-15H2,(H,22,25)/t18-,19+,20+/m0/s1. The Balaban J connectivity index is 1.44. The van der Waals surface area contributed by atoms with Crippen LogP contribution < -0.4 is 10.0 Å². The van der Waals surface area contributed by atoms with E-state index >= 15 is 0 Å². The SMILES string of the molecule is O=C(NCC[C@@H]1CC[C@@H](NS(=O)(=O)Cc2ccccc2)[C@@H](CO)O1)C1CCCC1. The minimum atomic E-state index is -3.53. The molecule has 3 atom stereocenters. The first-order chi connectivity index (χ1) is 14.0. The summed E-state index contributed by atoms with van der Waals surface area (Å²) >= 11 is 0. The number of benzene rings is 1. The van der Waals surface area contributed by atoms with Gasteiger partial charge in [-0.1, -0.05) is 43.2 Å². The maximum Gasteiger partial charge on any atom is 0.223 e. The van der Waals surface area contributed by atoms with E-state index in [1.165, 1.54) is 0 Å². The maximum absolute atomic E-state index is 12.5. The first-order valence-electron chi connectivity index (χ1n) is 10.5. The number of carbonyl (C=O) groups excluding carboxylic acids is 1. The van der Waals surface area contributed by atoms with Gasteiger partial charge in [0.15, 0.2) is 0 Å². The van der Waals surface area contributed by atoms with Gasteiger partial charge in [-0.3, -0.25) is 4.79 Å². The van der Waals surface area contributed by atoms with Crippen molar-refractivity contribution in [2.45, 2.75) is 68.9 Å². The van der Waals surface area contributed by atoms with Gasteiger partial charge in [0, 0.05) is 12.5 Å². The van der Waals surface area contributed by atoms with Crippen molar-refractivity contribution in [3.63, 3.8) is 0 Å². The molecule has 1 heterocycles. The topological polar surface area (TPSA) is 105 Å². The normalized spacial score (nSPS) is 25.8. The number of aliphatic hydroxyl groups excluding tert-OH is 1. The van der Waals surface area contributed by atoms with E-state index in [4.69, 9.17) is 4.74 Å². The number of hydrogen-bond acceptors (Lipinski definition) is 5. The Morgan fingerprint density at radius 2 is 1.83 bits per heavy atom. The minimum Gasteiger partial charge on any atom is -0.394 e. The monoisotopic (exact) mass is 424 g/mol. The molecule has 0 bridgehead atoms. The van der Waals surface area contributed by atoms with Crippen molar-refractivity contribution in [1.29, 1.82) is 0 Å². The zero-order valence-electron chi connectivity index (χ0n) is 16.8. The number of amides is 1. The molecule has 0 spiro atoms. The molecule has 2 aliphatic rings. The highest BCUT2D eigenvalue weighted by atomic mass is 32.2. The Labute approximate surface area is 173 Å². The van der Waals surface area contributed by atoms with Crippen molar-refractivity contribution in [3.05, 3.63) is 35.9 Å². The van der Waals surface area contributed by atoms with Gasteiger partial charge in [0.05, 0.1) is 30.6 Å². The van der Waals surface area contributed by atoms with Gasteiger partial charge in [-0.2, -0.15) is 0 Å². The van der Waals surface area contributed by atoms with Crippen LogP contribution in [0.25, 0.3) is 0 Å². The summed E-state index contributed by atoms with van der Waals surface area (Å²) in [5.74, 6) is 0.179. The lowest BCUT2D eigenvalue weighted by Crippen LogP contribution is -2.51. The fraction of sp³-hybridized carbons (Fsp3) is 0.667. The molecule has 29 heavy (non-hydrogen) atoms. The van der Waals surface area contributed by atoms with Crippen LogP contribution in [0.1, 0.15) is 50.5 Å². The summed E-state index contributed by atoms with van der Waals surface area (Å²) in [6.07, 6.45) is 5.49. The van der Waals surface area contributed by atoms with Gasteiger partial charge < -0.3 is 15.2 Å². The van der Waals surface area contributed by atoms with E-state index in [2.05, 4.69) is 10.0 Å². The third-order valence-electron chi connectivity index (χ3n) is 5.82. The van der Waals surface area contributed by atoms with Gasteiger partial charge in [0.2, 0.25) is 15.9 Å². The molecule has 1 amide bonds. The van der Waals surface area contributed by atoms with E-state index in [0.29, 0.717) is 31.4 Å². The number of nitrogens with one attached hydrogen (secondary N) is 2. The lowest BCUT2D eigenvalue weighted by Gasteiger charge is -2.36. The van der Waals surface area contributed by atoms with Crippen LogP contribution in [0.2, 0.25) is 0 Å². The second-order valence-corrected chi connectivity index (χ2v) is 9.84. The Hall–Kier alpha value is -1.48. The smallest absolute Gasteiger partial charge is 0.223 e. The van der Waals surface area contributed by atoms with E-state index in [1.807, 2.05) is 6.07 Å². The third kappa shape index (κ3) is 6.77. The molecule has 1 aliphatic heterocycles. The molecule has 3 rings (SSSR count). The van der Waals surface area contributed by atoms with Crippen LogP contribution >= 0.6 is 0 Å². The molecule has 7 nitrogen and oxygen atoms in total. The second kappa shape index (κ2) is 10.5. The Bertz CT molecular complexity index is 750. The zero-order valence-corrected chi connectivity index (χ0v) is 17.6. The Morgan fingerprint density at radius 3 is 2.52 bits per heavy atom. The largest absolute Gasteiger partial charge is 0.394 e. The summed E-state index contributed by atoms with van der Waals surface area (Å²) in [5, 5.41) is 12.7. The second-order valence-electron chi connectivity index (χ2n) is 8.09. The maximum atomic E-state index is 12.5. The molecule has 1 aliphatic carbocycles. The van der Waals surface area contributed by atoms with Gasteiger partial charge in [-0.15, -0.1) is 0 Å². The summed E-state index contributed by atoms with van der Waals surface area (Å²) in [6.45, 7) is 0.298. The number of ether oxygens (including phenoxy) is 1. The van der Waals surface area contributed by atoms with Crippen molar-refractivity contribution in [2.24, 2.45) is 5.92 Å². The molecule has 3 N–H and O–H groups in total. The Kier molecular flexibility index (Phi) is 8.06. The summed E-state index contributed by atoms with van der Waals surface area (Å²) in [7, 11) is -3.53. The molecule has 1 saturated heterocycles. The highest BCUT2D eigenvalue weighted by Gasteiger charge is 2.33. The molecule has 0 aromatic heterocycles. The van der Waals surface area contributed by atoms with E-state index in [1.54, 1.807) is 24.3 Å². The molecule has 1 aromatic rings. The molecule has 2 fully saturated rings. The van der Waals surface area contributed by atoms with Crippen LogP contribution in [-0.4, -0.2) is 50.8 Å². The van der Waals surface area contributed by atoms with Gasteiger partial charge >= 0.3 is 0 Å². The molecule has 8 heteroatoms. The predicted molar refractivity (Wildman–Crippen MR) is 111 cm³/mol. The van der Waals surface area contributed by atoms with E-state index < -0.39 is 22.2 Å². The highest BCUT2D eigenvalue weighted by molar-refractivity contribution is 7.88. The summed E-state index contributed by atoms with van der Waals surface area (Å²) in [6, 6.07) is 8.56. The number of sulfonamides is 1. The summed E-state index contributed by atoms with van der Waals surface area (Å²) in [5.41, 5.74) is 0.716. The predicted octanol–water partition coefficient (Wildman–Crippen LogP) is 1.71. The van der Waals surface area contributed by atoms with Gasteiger partial charge in [0.1, 0.15) is 0 Å². The fourth-order valence-electron chi connectivity index (χ4n) is 4.23. The van der Waals surface area contributed by atoms with Crippen molar-refractivity contribution in [3.8, 4) is 0 Å². The molecule has 1 saturated carbocycles. The van der Waals surface area contributed by atoms with Gasteiger partial charge in [-0.05, 0) is 37.7 Å². The van der Waals surface area contributed by atoms with E-state index in [9.17, 15) is 18.3 Å². The number of aliphatic hydroxyl groups is 1. The quantitative estimate of drug-likeness (QED) is 0.560. The van der Waals surface area contributed by atoms with Crippen LogP contribution in [0.3, 0.4) is 0 Å². The minimum absolute atomic E-state index is 0.0918. The highest BCUT2D eigenvalue weighted by Crippen LogP contribution is 2.25. The van der Waals surface area contributed by atoms with Crippen LogP contribution in [-0.2, 0) is 25.3 Å². The summed E-state index contributed by atoms with van der Waals surface area (Å²) in [4.78, 5) is 12.1. The number of carbonyl (C=O) groups is 1. The van der Waals surface area contributed by atoms with Crippen molar-refractivity contribution >= 4 is 15.9 Å². The molecule has 0 unspecified atom stereocenters. The van der Waals surface area contributed by atoms with Crippen LogP contribution in [0.5, 0.6) is 0 Å². The van der Waals surface area contributed by atoms with Crippen LogP contribution in [0.15, 0.2) is 30.3 Å². The number of rotatable bonds is 9.